The van der Waals surface area contributed by atoms with E-state index in [1.165, 1.54) is 22.7 Å². The smallest absolute Gasteiger partial charge is 0.255 e. The first-order valence-corrected chi connectivity index (χ1v) is 11.2. The van der Waals surface area contributed by atoms with Crippen LogP contribution in [0.1, 0.15) is 15.9 Å². The summed E-state index contributed by atoms with van der Waals surface area (Å²) in [4.78, 5) is 14.7. The summed E-state index contributed by atoms with van der Waals surface area (Å²) in [6.45, 7) is 2.86. The molecule has 7 nitrogen and oxygen atoms in total. The van der Waals surface area contributed by atoms with Crippen LogP contribution in [0.25, 0.3) is 0 Å². The first kappa shape index (κ1) is 19.7. The van der Waals surface area contributed by atoms with E-state index in [-0.39, 0.29) is 5.91 Å². The van der Waals surface area contributed by atoms with Crippen LogP contribution in [-0.4, -0.2) is 53.4 Å². The van der Waals surface area contributed by atoms with Gasteiger partial charge in [0.05, 0.1) is 25.2 Å². The summed E-state index contributed by atoms with van der Waals surface area (Å²) in [5, 5.41) is 2.74. The quantitative estimate of drug-likeness (QED) is 0.822. The van der Waals surface area contributed by atoms with E-state index in [0.717, 1.165) is 5.56 Å². The number of nitrogens with zero attached hydrogens (tertiary/aromatic N) is 2. The van der Waals surface area contributed by atoms with Gasteiger partial charge in [0.15, 0.2) is 0 Å². The molecule has 1 N–H and O–H groups in total. The van der Waals surface area contributed by atoms with Crippen LogP contribution in [-0.2, 0) is 21.2 Å². The highest BCUT2D eigenvalue weighted by molar-refractivity contribution is 7.92. The SMILES string of the molecule is CS(=O)(=O)N1CCc2cc(C(=O)Nc3cc(F)cc(N4CCOCC4)c3)ccc21. The summed E-state index contributed by atoms with van der Waals surface area (Å²) < 4.78 is 44.5. The molecule has 0 spiro atoms. The monoisotopic (exact) mass is 419 g/mol. The third-order valence-corrected chi connectivity index (χ3v) is 6.29. The molecule has 29 heavy (non-hydrogen) atoms. The van der Waals surface area contributed by atoms with Crippen molar-refractivity contribution in [2.75, 3.05) is 53.6 Å². The number of halogens is 1. The van der Waals surface area contributed by atoms with Gasteiger partial charge in [0.2, 0.25) is 10.0 Å². The Hall–Kier alpha value is -2.65. The summed E-state index contributed by atoms with van der Waals surface area (Å²) in [6, 6.07) is 9.38. The molecule has 0 saturated carbocycles. The van der Waals surface area contributed by atoms with Crippen LogP contribution in [0.15, 0.2) is 36.4 Å². The highest BCUT2D eigenvalue weighted by Gasteiger charge is 2.26. The Bertz CT molecular complexity index is 1050. The predicted octanol–water partition coefficient (Wildman–Crippen LogP) is 2.24. The van der Waals surface area contributed by atoms with E-state index in [1.54, 1.807) is 24.3 Å². The number of carbonyl (C=O) groups excluding carboxylic acids is 1. The van der Waals surface area contributed by atoms with Crippen LogP contribution in [0, 0.1) is 5.82 Å². The standard InChI is InChI=1S/C20H22FN3O4S/c1-29(26,27)24-5-4-14-10-15(2-3-19(14)24)20(25)22-17-11-16(21)12-18(13-17)23-6-8-28-9-7-23/h2-3,10-13H,4-9H2,1H3,(H,22,25). The zero-order valence-electron chi connectivity index (χ0n) is 16.0. The Balaban J connectivity index is 1.54. The van der Waals surface area contributed by atoms with Gasteiger partial charge in [0, 0.05) is 36.6 Å². The molecule has 2 aliphatic rings. The number of fused-ring (bicyclic) bond motifs is 1. The van der Waals surface area contributed by atoms with E-state index >= 15 is 0 Å². The fourth-order valence-corrected chi connectivity index (χ4v) is 4.67. The Kier molecular flexibility index (Phi) is 5.18. The van der Waals surface area contributed by atoms with Crippen LogP contribution in [0.3, 0.4) is 0 Å². The molecule has 154 valence electrons. The van der Waals surface area contributed by atoms with Gasteiger partial charge in [0.25, 0.3) is 5.91 Å². The second kappa shape index (κ2) is 7.64. The molecule has 0 unspecified atom stereocenters. The van der Waals surface area contributed by atoms with Crippen molar-refractivity contribution in [1.82, 2.24) is 0 Å². The molecule has 0 radical (unpaired) electrons. The van der Waals surface area contributed by atoms with E-state index in [4.69, 9.17) is 4.74 Å². The van der Waals surface area contributed by atoms with E-state index < -0.39 is 15.8 Å². The highest BCUT2D eigenvalue weighted by Crippen LogP contribution is 2.31. The lowest BCUT2D eigenvalue weighted by molar-refractivity contribution is 0.102. The summed E-state index contributed by atoms with van der Waals surface area (Å²) in [5.74, 6) is -0.800. The molecule has 4 rings (SSSR count). The van der Waals surface area contributed by atoms with Crippen molar-refractivity contribution in [3.05, 3.63) is 53.3 Å². The van der Waals surface area contributed by atoms with Crippen molar-refractivity contribution in [3.63, 3.8) is 0 Å². The minimum absolute atomic E-state index is 0.367. The zero-order chi connectivity index (χ0) is 20.6. The number of carbonyl (C=O) groups is 1. The average molecular weight is 419 g/mol. The Labute approximate surface area is 169 Å². The predicted molar refractivity (Wildman–Crippen MR) is 110 cm³/mol. The third kappa shape index (κ3) is 4.20. The normalized spacial score (nSPS) is 16.6. The summed E-state index contributed by atoms with van der Waals surface area (Å²) >= 11 is 0. The third-order valence-electron chi connectivity index (χ3n) is 5.11. The molecule has 1 amide bonds. The van der Waals surface area contributed by atoms with Crippen molar-refractivity contribution in [1.29, 1.82) is 0 Å². The van der Waals surface area contributed by atoms with E-state index in [9.17, 15) is 17.6 Å². The maximum atomic E-state index is 14.1. The molecule has 2 aliphatic heterocycles. The molecule has 1 fully saturated rings. The molecule has 0 atom stereocenters. The van der Waals surface area contributed by atoms with Crippen molar-refractivity contribution in [2.24, 2.45) is 0 Å². The van der Waals surface area contributed by atoms with Gasteiger partial charge < -0.3 is 15.0 Å². The number of sulfonamides is 1. The molecule has 2 aromatic carbocycles. The van der Waals surface area contributed by atoms with Crippen molar-refractivity contribution < 1.29 is 22.3 Å². The molecule has 0 aromatic heterocycles. The van der Waals surface area contributed by atoms with Gasteiger partial charge in [-0.1, -0.05) is 0 Å². The van der Waals surface area contributed by atoms with Gasteiger partial charge in [-0.05, 0) is 48.4 Å². The topological polar surface area (TPSA) is 79.0 Å². The van der Waals surface area contributed by atoms with E-state index in [1.807, 2.05) is 4.90 Å². The first-order valence-electron chi connectivity index (χ1n) is 9.36. The van der Waals surface area contributed by atoms with Crippen molar-refractivity contribution in [3.8, 4) is 0 Å². The second-order valence-electron chi connectivity index (χ2n) is 7.18. The lowest BCUT2D eigenvalue weighted by Crippen LogP contribution is -2.36. The van der Waals surface area contributed by atoms with Gasteiger partial charge in [-0.25, -0.2) is 12.8 Å². The van der Waals surface area contributed by atoms with E-state index in [0.29, 0.717) is 61.9 Å². The first-order chi connectivity index (χ1) is 13.8. The molecular weight excluding hydrogens is 397 g/mol. The van der Waals surface area contributed by atoms with Crippen LogP contribution in [0.4, 0.5) is 21.5 Å². The van der Waals surface area contributed by atoms with Gasteiger partial charge in [-0.15, -0.1) is 0 Å². The summed E-state index contributed by atoms with van der Waals surface area (Å²) in [6.07, 6.45) is 1.71. The molecule has 9 heteroatoms. The Morgan fingerprint density at radius 3 is 2.59 bits per heavy atom. The molecule has 0 aliphatic carbocycles. The van der Waals surface area contributed by atoms with Gasteiger partial charge in [-0.2, -0.15) is 0 Å². The molecule has 0 bridgehead atoms. The average Bonchev–Trinajstić information content (AvgIpc) is 3.12. The number of morpholine rings is 1. The Morgan fingerprint density at radius 2 is 1.86 bits per heavy atom. The zero-order valence-corrected chi connectivity index (χ0v) is 16.8. The minimum atomic E-state index is -3.34. The summed E-state index contributed by atoms with van der Waals surface area (Å²) in [5.41, 5.74) is 2.87. The van der Waals surface area contributed by atoms with Gasteiger partial charge >= 0.3 is 0 Å². The number of nitrogens with one attached hydrogen (secondary N) is 1. The fourth-order valence-electron chi connectivity index (χ4n) is 3.71. The Morgan fingerprint density at radius 1 is 1.10 bits per heavy atom. The number of amides is 1. The van der Waals surface area contributed by atoms with Crippen LogP contribution in [0.5, 0.6) is 0 Å². The number of hydrogen-bond acceptors (Lipinski definition) is 5. The maximum absolute atomic E-state index is 14.1. The fraction of sp³-hybridized carbons (Fsp3) is 0.350. The molecule has 1 saturated heterocycles. The van der Waals surface area contributed by atoms with Crippen LogP contribution >= 0.6 is 0 Å². The number of ether oxygens (including phenoxy) is 1. The minimum Gasteiger partial charge on any atom is -0.378 e. The second-order valence-corrected chi connectivity index (χ2v) is 9.09. The molecule has 2 aromatic rings. The van der Waals surface area contributed by atoms with Crippen LogP contribution < -0.4 is 14.5 Å². The highest BCUT2D eigenvalue weighted by atomic mass is 32.2. The van der Waals surface area contributed by atoms with Crippen molar-refractivity contribution >= 4 is 33.0 Å². The lowest BCUT2D eigenvalue weighted by Gasteiger charge is -2.29. The number of rotatable bonds is 4. The van der Waals surface area contributed by atoms with Gasteiger partial charge in [0.1, 0.15) is 5.82 Å². The van der Waals surface area contributed by atoms with Gasteiger partial charge in [-0.3, -0.25) is 9.10 Å². The maximum Gasteiger partial charge on any atom is 0.255 e. The number of anilines is 3. The number of benzene rings is 2. The van der Waals surface area contributed by atoms with E-state index in [2.05, 4.69) is 5.32 Å². The van der Waals surface area contributed by atoms with Crippen LogP contribution in [0.2, 0.25) is 0 Å². The lowest BCUT2D eigenvalue weighted by atomic mass is 10.1. The molecular formula is C20H22FN3O4S. The molecule has 2 heterocycles. The summed E-state index contributed by atoms with van der Waals surface area (Å²) in [7, 11) is -3.34. The largest absolute Gasteiger partial charge is 0.378 e. The van der Waals surface area contributed by atoms with Crippen molar-refractivity contribution in [2.45, 2.75) is 6.42 Å². The number of hydrogen-bond donors (Lipinski definition) is 1.